The Balaban J connectivity index is 1.91. The molecule has 1 aromatic heterocycles. The van der Waals surface area contributed by atoms with Crippen LogP contribution >= 0.6 is 11.6 Å². The van der Waals surface area contributed by atoms with Gasteiger partial charge in [0.2, 0.25) is 5.95 Å². The van der Waals surface area contributed by atoms with Crippen LogP contribution in [-0.2, 0) is 11.0 Å². The van der Waals surface area contributed by atoms with E-state index in [-0.39, 0.29) is 11.7 Å². The van der Waals surface area contributed by atoms with E-state index >= 15 is 0 Å². The maximum atomic E-state index is 13.0. The molecule has 2 aliphatic rings. The third kappa shape index (κ3) is 2.70. The van der Waals surface area contributed by atoms with Crippen molar-refractivity contribution in [3.05, 3.63) is 51.9 Å². The molecule has 1 aromatic carbocycles. The third-order valence-electron chi connectivity index (χ3n) is 4.31. The van der Waals surface area contributed by atoms with Crippen molar-refractivity contribution in [3.8, 4) is 0 Å². The predicted molar refractivity (Wildman–Crippen MR) is 84.1 cm³/mol. The lowest BCUT2D eigenvalue weighted by atomic mass is 9.85. The van der Waals surface area contributed by atoms with Crippen LogP contribution in [0.1, 0.15) is 36.7 Å². The van der Waals surface area contributed by atoms with Crippen molar-refractivity contribution in [2.24, 2.45) is 0 Å². The summed E-state index contributed by atoms with van der Waals surface area (Å²) in [4.78, 5) is 16.1. The first-order chi connectivity index (χ1) is 11.8. The van der Waals surface area contributed by atoms with Gasteiger partial charge < -0.3 is 5.32 Å². The largest absolute Gasteiger partial charge is 0.453 e. The minimum Gasteiger partial charge on any atom is -0.328 e. The summed E-state index contributed by atoms with van der Waals surface area (Å²) in [5.41, 5.74) is 1.69. The molecule has 5 nitrogen and oxygen atoms in total. The first kappa shape index (κ1) is 16.1. The molecule has 1 aliphatic heterocycles. The number of allylic oxidation sites excluding steroid dienone is 2. The average Bonchev–Trinajstić information content (AvgIpc) is 2.98. The number of halogens is 4. The second-order valence-electron chi connectivity index (χ2n) is 5.95. The molecule has 0 bridgehead atoms. The van der Waals surface area contributed by atoms with E-state index < -0.39 is 18.0 Å². The van der Waals surface area contributed by atoms with Gasteiger partial charge in [0, 0.05) is 22.7 Å². The SMILES string of the molecule is O=C1CCCC2=C1[C@@H](c1ccc(Cl)cc1)n1nc(C(F)(F)F)nc1N2. The van der Waals surface area contributed by atoms with Crippen molar-refractivity contribution in [1.82, 2.24) is 14.8 Å². The minimum absolute atomic E-state index is 0.0132. The molecule has 2 heterocycles. The minimum atomic E-state index is -4.67. The standard InChI is InChI=1S/C16H12ClF3N4O/c17-9-6-4-8(5-7-9)13-12-10(2-1-3-11(12)25)21-15-22-14(16(18,19)20)23-24(13)15/h4-7,13H,1-3H2,(H,21,22,23)/t13-/m1/s1. The molecule has 0 saturated carbocycles. The van der Waals surface area contributed by atoms with Crippen molar-refractivity contribution < 1.29 is 18.0 Å². The summed E-state index contributed by atoms with van der Waals surface area (Å²) in [6.07, 6.45) is -3.07. The van der Waals surface area contributed by atoms with E-state index in [0.29, 0.717) is 41.1 Å². The fourth-order valence-corrected chi connectivity index (χ4v) is 3.36. The highest BCUT2D eigenvalue weighted by atomic mass is 35.5. The van der Waals surface area contributed by atoms with Gasteiger partial charge in [-0.25, -0.2) is 4.68 Å². The van der Waals surface area contributed by atoms with Crippen LogP contribution in [0.25, 0.3) is 0 Å². The Bertz CT molecular complexity index is 886. The van der Waals surface area contributed by atoms with E-state index in [2.05, 4.69) is 15.4 Å². The van der Waals surface area contributed by atoms with E-state index in [4.69, 9.17) is 11.6 Å². The van der Waals surface area contributed by atoms with Crippen LogP contribution < -0.4 is 5.32 Å². The molecule has 0 fully saturated rings. The number of nitrogens with zero attached hydrogens (tertiary/aromatic N) is 3. The smallest absolute Gasteiger partial charge is 0.328 e. The van der Waals surface area contributed by atoms with E-state index in [0.717, 1.165) is 4.68 Å². The molecule has 0 unspecified atom stereocenters. The third-order valence-corrected chi connectivity index (χ3v) is 4.56. The Morgan fingerprint density at radius 1 is 1.20 bits per heavy atom. The number of hydrogen-bond donors (Lipinski definition) is 1. The van der Waals surface area contributed by atoms with Crippen LogP contribution in [0.5, 0.6) is 0 Å². The molecule has 0 spiro atoms. The van der Waals surface area contributed by atoms with Gasteiger partial charge in [-0.2, -0.15) is 18.2 Å². The summed E-state index contributed by atoms with van der Waals surface area (Å²) in [5.74, 6) is -1.34. The lowest BCUT2D eigenvalue weighted by Crippen LogP contribution is -2.31. The van der Waals surface area contributed by atoms with Crippen LogP contribution in [0.3, 0.4) is 0 Å². The van der Waals surface area contributed by atoms with Gasteiger partial charge in [-0.1, -0.05) is 23.7 Å². The quantitative estimate of drug-likeness (QED) is 0.827. The number of nitrogens with one attached hydrogen (secondary N) is 1. The zero-order valence-electron chi connectivity index (χ0n) is 12.8. The number of alkyl halides is 3. The average molecular weight is 369 g/mol. The molecule has 0 amide bonds. The number of hydrogen-bond acceptors (Lipinski definition) is 4. The van der Waals surface area contributed by atoms with Gasteiger partial charge >= 0.3 is 6.18 Å². The Kier molecular flexibility index (Phi) is 3.61. The highest BCUT2D eigenvalue weighted by molar-refractivity contribution is 6.30. The Morgan fingerprint density at radius 2 is 1.92 bits per heavy atom. The van der Waals surface area contributed by atoms with Crippen LogP contribution in [-0.4, -0.2) is 20.5 Å². The summed E-state index contributed by atoms with van der Waals surface area (Å²) in [6, 6.07) is 5.88. The summed E-state index contributed by atoms with van der Waals surface area (Å²) >= 11 is 5.91. The molecule has 4 rings (SSSR count). The number of Topliss-reactive ketones (excluding diaryl/α,β-unsaturated/α-hetero) is 1. The summed E-state index contributed by atoms with van der Waals surface area (Å²) in [5, 5.41) is 6.98. The Morgan fingerprint density at radius 3 is 2.60 bits per heavy atom. The molecule has 25 heavy (non-hydrogen) atoms. The van der Waals surface area contributed by atoms with E-state index in [9.17, 15) is 18.0 Å². The second kappa shape index (κ2) is 5.59. The normalized spacial score (nSPS) is 20.2. The van der Waals surface area contributed by atoms with Gasteiger partial charge in [-0.15, -0.1) is 5.10 Å². The first-order valence-corrected chi connectivity index (χ1v) is 8.05. The molecule has 1 N–H and O–H groups in total. The molecular weight excluding hydrogens is 357 g/mol. The Hall–Kier alpha value is -2.35. The molecule has 0 saturated heterocycles. The molecular formula is C16H12ClF3N4O. The number of carbonyl (C=O) groups excluding carboxylic acids is 1. The van der Waals surface area contributed by atoms with Crippen molar-refractivity contribution in [3.63, 3.8) is 0 Å². The zero-order chi connectivity index (χ0) is 17.8. The van der Waals surface area contributed by atoms with Gasteiger partial charge in [0.25, 0.3) is 5.82 Å². The fourth-order valence-electron chi connectivity index (χ4n) is 3.23. The lowest BCUT2D eigenvalue weighted by molar-refractivity contribution is -0.145. The molecule has 1 aliphatic carbocycles. The van der Waals surface area contributed by atoms with Gasteiger partial charge in [-0.3, -0.25) is 4.79 Å². The number of benzene rings is 1. The molecule has 1 atom stereocenters. The van der Waals surface area contributed by atoms with Crippen LogP contribution in [0.2, 0.25) is 5.02 Å². The van der Waals surface area contributed by atoms with E-state index in [1.54, 1.807) is 24.3 Å². The first-order valence-electron chi connectivity index (χ1n) is 7.67. The van der Waals surface area contributed by atoms with Gasteiger partial charge in [0.1, 0.15) is 6.04 Å². The summed E-state index contributed by atoms with van der Waals surface area (Å²) < 4.78 is 40.3. The lowest BCUT2D eigenvalue weighted by Gasteiger charge is -2.32. The Labute approximate surface area is 145 Å². The zero-order valence-corrected chi connectivity index (χ0v) is 13.5. The topological polar surface area (TPSA) is 59.8 Å². The monoisotopic (exact) mass is 368 g/mol. The number of ketones is 1. The second-order valence-corrected chi connectivity index (χ2v) is 6.39. The summed E-state index contributed by atoms with van der Waals surface area (Å²) in [7, 11) is 0. The highest BCUT2D eigenvalue weighted by Gasteiger charge is 2.42. The van der Waals surface area contributed by atoms with Crippen molar-refractivity contribution >= 4 is 23.3 Å². The number of fused-ring (bicyclic) bond motifs is 1. The van der Waals surface area contributed by atoms with Crippen LogP contribution in [0.15, 0.2) is 35.5 Å². The van der Waals surface area contributed by atoms with Crippen molar-refractivity contribution in [2.45, 2.75) is 31.5 Å². The fraction of sp³-hybridized carbons (Fsp3) is 0.312. The highest BCUT2D eigenvalue weighted by Crippen LogP contribution is 2.41. The van der Waals surface area contributed by atoms with Gasteiger partial charge in [0.15, 0.2) is 5.78 Å². The van der Waals surface area contributed by atoms with Crippen LogP contribution in [0.4, 0.5) is 19.1 Å². The maximum Gasteiger partial charge on any atom is 0.453 e. The number of anilines is 1. The molecule has 2 aromatic rings. The predicted octanol–water partition coefficient (Wildman–Crippen LogP) is 3.97. The number of carbonyl (C=O) groups is 1. The summed E-state index contributed by atoms with van der Waals surface area (Å²) in [6.45, 7) is 0. The molecule has 0 radical (unpaired) electrons. The van der Waals surface area contributed by atoms with E-state index in [1.165, 1.54) is 0 Å². The van der Waals surface area contributed by atoms with E-state index in [1.807, 2.05) is 0 Å². The van der Waals surface area contributed by atoms with Gasteiger partial charge in [-0.05, 0) is 30.5 Å². The maximum absolute atomic E-state index is 13.0. The molecule has 9 heteroatoms. The van der Waals surface area contributed by atoms with Crippen molar-refractivity contribution in [2.75, 3.05) is 5.32 Å². The van der Waals surface area contributed by atoms with Crippen molar-refractivity contribution in [1.29, 1.82) is 0 Å². The van der Waals surface area contributed by atoms with Crippen LogP contribution in [0, 0.1) is 0 Å². The van der Waals surface area contributed by atoms with Gasteiger partial charge in [0.05, 0.1) is 0 Å². The number of rotatable bonds is 1. The number of aromatic nitrogens is 3. The molecule has 130 valence electrons.